The standard InChI is InChI=1S/C26H27N5O4/c1-4-20(32)15-29-26(33)30-19-5-6-22-18(11-19)12-21(16-7-9-27-23(13-16)34-2)25(31-22)17-8-10-28-24(14-17)35-3/h5-14,20,32H,4,15H2,1-3H3,(H2,29,30,33). The van der Waals surface area contributed by atoms with E-state index in [-0.39, 0.29) is 12.6 Å². The number of hydrogen-bond acceptors (Lipinski definition) is 7. The Morgan fingerprint density at radius 1 is 0.971 bits per heavy atom. The van der Waals surface area contributed by atoms with Crippen LogP contribution in [0.1, 0.15) is 13.3 Å². The number of aromatic nitrogens is 3. The van der Waals surface area contributed by atoms with Gasteiger partial charge in [0.1, 0.15) is 0 Å². The zero-order chi connectivity index (χ0) is 24.8. The van der Waals surface area contributed by atoms with Crippen LogP contribution in [0.3, 0.4) is 0 Å². The Balaban J connectivity index is 1.77. The van der Waals surface area contributed by atoms with Gasteiger partial charge in [0.2, 0.25) is 11.8 Å². The smallest absolute Gasteiger partial charge is 0.319 e. The normalized spacial score (nSPS) is 11.7. The lowest BCUT2D eigenvalue weighted by atomic mass is 9.98. The van der Waals surface area contributed by atoms with Crippen LogP contribution in [0.2, 0.25) is 0 Å². The third-order valence-electron chi connectivity index (χ3n) is 5.51. The van der Waals surface area contributed by atoms with Crippen molar-refractivity contribution in [1.29, 1.82) is 0 Å². The first kappa shape index (κ1) is 23.9. The highest BCUT2D eigenvalue weighted by Crippen LogP contribution is 2.35. The number of carbonyl (C=O) groups excluding carboxylic acids is 1. The number of fused-ring (bicyclic) bond motifs is 1. The van der Waals surface area contributed by atoms with Crippen molar-refractivity contribution in [3.05, 3.63) is 60.9 Å². The van der Waals surface area contributed by atoms with Crippen LogP contribution >= 0.6 is 0 Å². The molecule has 1 aromatic carbocycles. The minimum atomic E-state index is -0.577. The molecule has 0 saturated carbocycles. The molecule has 180 valence electrons. The van der Waals surface area contributed by atoms with Gasteiger partial charge in [0.15, 0.2) is 0 Å². The molecule has 0 aliphatic carbocycles. The summed E-state index contributed by atoms with van der Waals surface area (Å²) in [5, 5.41) is 16.0. The number of nitrogens with zero attached hydrogens (tertiary/aromatic N) is 3. The SMILES string of the molecule is CCC(O)CNC(=O)Nc1ccc2nc(-c3ccnc(OC)c3)c(-c3ccnc(OC)c3)cc2c1. The average molecular weight is 474 g/mol. The molecule has 0 fully saturated rings. The zero-order valence-corrected chi connectivity index (χ0v) is 19.8. The molecule has 4 aromatic rings. The van der Waals surface area contributed by atoms with Crippen molar-refractivity contribution in [3.8, 4) is 34.1 Å². The third-order valence-corrected chi connectivity index (χ3v) is 5.51. The lowest BCUT2D eigenvalue weighted by molar-refractivity contribution is 0.168. The highest BCUT2D eigenvalue weighted by atomic mass is 16.5. The van der Waals surface area contributed by atoms with Crippen LogP contribution in [0.15, 0.2) is 60.9 Å². The van der Waals surface area contributed by atoms with Crippen molar-refractivity contribution < 1.29 is 19.4 Å². The highest BCUT2D eigenvalue weighted by Gasteiger charge is 2.14. The molecular formula is C26H27N5O4. The van der Waals surface area contributed by atoms with Crippen LogP contribution in [0.25, 0.3) is 33.3 Å². The summed E-state index contributed by atoms with van der Waals surface area (Å²) in [5.74, 6) is 0.976. The molecule has 35 heavy (non-hydrogen) atoms. The van der Waals surface area contributed by atoms with Gasteiger partial charge in [-0.25, -0.2) is 19.7 Å². The van der Waals surface area contributed by atoms with E-state index in [1.54, 1.807) is 32.7 Å². The molecule has 3 aromatic heterocycles. The van der Waals surface area contributed by atoms with Gasteiger partial charge in [-0.3, -0.25) is 0 Å². The van der Waals surface area contributed by atoms with E-state index >= 15 is 0 Å². The first-order chi connectivity index (χ1) is 17.0. The number of ether oxygens (including phenoxy) is 2. The number of aliphatic hydroxyl groups excluding tert-OH is 1. The van der Waals surface area contributed by atoms with Crippen LogP contribution < -0.4 is 20.1 Å². The van der Waals surface area contributed by atoms with Crippen LogP contribution in [-0.4, -0.2) is 53.0 Å². The van der Waals surface area contributed by atoms with Gasteiger partial charge in [0.25, 0.3) is 0 Å². The number of urea groups is 1. The Labute approximate surface area is 203 Å². The number of aliphatic hydroxyl groups is 1. The van der Waals surface area contributed by atoms with E-state index in [4.69, 9.17) is 14.5 Å². The van der Waals surface area contributed by atoms with Crippen molar-refractivity contribution >= 4 is 22.6 Å². The molecule has 9 heteroatoms. The van der Waals surface area contributed by atoms with Crippen LogP contribution in [0.5, 0.6) is 11.8 Å². The Hall–Kier alpha value is -4.24. The van der Waals surface area contributed by atoms with Crippen molar-refractivity contribution in [2.45, 2.75) is 19.4 Å². The zero-order valence-electron chi connectivity index (χ0n) is 19.8. The summed E-state index contributed by atoms with van der Waals surface area (Å²) in [6.45, 7) is 2.04. The van der Waals surface area contributed by atoms with Gasteiger partial charge in [-0.15, -0.1) is 0 Å². The predicted molar refractivity (Wildman–Crippen MR) is 135 cm³/mol. The van der Waals surface area contributed by atoms with Crippen molar-refractivity contribution in [2.24, 2.45) is 0 Å². The second kappa shape index (κ2) is 10.8. The van der Waals surface area contributed by atoms with E-state index in [0.29, 0.717) is 23.9 Å². The number of amides is 2. The molecule has 4 rings (SSSR count). The van der Waals surface area contributed by atoms with Gasteiger partial charge in [-0.05, 0) is 48.4 Å². The van der Waals surface area contributed by atoms with Gasteiger partial charge in [-0.1, -0.05) is 6.92 Å². The van der Waals surface area contributed by atoms with E-state index < -0.39 is 6.10 Å². The molecule has 1 atom stereocenters. The Kier molecular flexibility index (Phi) is 7.37. The lowest BCUT2D eigenvalue weighted by Gasteiger charge is -2.14. The molecule has 0 spiro atoms. The first-order valence-corrected chi connectivity index (χ1v) is 11.2. The minimum Gasteiger partial charge on any atom is -0.481 e. The number of carbonyl (C=O) groups is 1. The fourth-order valence-electron chi connectivity index (χ4n) is 3.58. The molecule has 3 N–H and O–H groups in total. The van der Waals surface area contributed by atoms with E-state index in [0.717, 1.165) is 33.3 Å². The Morgan fingerprint density at radius 2 is 1.66 bits per heavy atom. The number of nitrogens with one attached hydrogen (secondary N) is 2. The topological polar surface area (TPSA) is 118 Å². The summed E-state index contributed by atoms with van der Waals surface area (Å²) in [7, 11) is 3.14. The van der Waals surface area contributed by atoms with E-state index in [2.05, 4.69) is 20.6 Å². The van der Waals surface area contributed by atoms with Crippen molar-refractivity contribution in [3.63, 3.8) is 0 Å². The Morgan fingerprint density at radius 3 is 2.34 bits per heavy atom. The summed E-state index contributed by atoms with van der Waals surface area (Å²) in [5.41, 5.74) is 4.70. The summed E-state index contributed by atoms with van der Waals surface area (Å²) >= 11 is 0. The monoisotopic (exact) mass is 473 g/mol. The second-order valence-electron chi connectivity index (χ2n) is 7.86. The maximum absolute atomic E-state index is 12.2. The van der Waals surface area contributed by atoms with Gasteiger partial charge >= 0.3 is 6.03 Å². The van der Waals surface area contributed by atoms with Crippen molar-refractivity contribution in [1.82, 2.24) is 20.3 Å². The number of pyridine rings is 3. The average Bonchev–Trinajstić information content (AvgIpc) is 2.90. The molecular weight excluding hydrogens is 446 g/mol. The summed E-state index contributed by atoms with van der Waals surface area (Å²) in [6.07, 6.45) is 3.35. The molecule has 9 nitrogen and oxygen atoms in total. The number of rotatable bonds is 8. The molecule has 0 bridgehead atoms. The summed E-state index contributed by atoms with van der Waals surface area (Å²) in [6, 6.07) is 14.6. The number of hydrogen-bond donors (Lipinski definition) is 3. The number of anilines is 1. The molecule has 0 aliphatic rings. The fourth-order valence-corrected chi connectivity index (χ4v) is 3.58. The molecule has 0 aliphatic heterocycles. The van der Waals surface area contributed by atoms with Crippen LogP contribution in [0, 0.1) is 0 Å². The van der Waals surface area contributed by atoms with Crippen LogP contribution in [-0.2, 0) is 0 Å². The van der Waals surface area contributed by atoms with Gasteiger partial charge in [0.05, 0.1) is 31.5 Å². The predicted octanol–water partition coefficient (Wildman–Crippen LogP) is 4.27. The van der Waals surface area contributed by atoms with E-state index in [1.807, 2.05) is 49.4 Å². The van der Waals surface area contributed by atoms with Crippen LogP contribution in [0.4, 0.5) is 10.5 Å². The molecule has 1 unspecified atom stereocenters. The number of benzene rings is 1. The van der Waals surface area contributed by atoms with Crippen molar-refractivity contribution in [2.75, 3.05) is 26.1 Å². The fraction of sp³-hybridized carbons (Fsp3) is 0.231. The van der Waals surface area contributed by atoms with Gasteiger partial charge < -0.3 is 25.2 Å². The quantitative estimate of drug-likeness (QED) is 0.350. The third kappa shape index (κ3) is 5.64. The Bertz CT molecular complexity index is 1340. The summed E-state index contributed by atoms with van der Waals surface area (Å²) in [4.78, 5) is 25.6. The highest BCUT2D eigenvalue weighted by molar-refractivity contribution is 5.96. The van der Waals surface area contributed by atoms with Gasteiger partial charge in [-0.2, -0.15) is 0 Å². The largest absolute Gasteiger partial charge is 0.481 e. The first-order valence-electron chi connectivity index (χ1n) is 11.2. The van der Waals surface area contributed by atoms with E-state index in [9.17, 15) is 9.90 Å². The molecule has 3 heterocycles. The summed E-state index contributed by atoms with van der Waals surface area (Å²) < 4.78 is 10.6. The minimum absolute atomic E-state index is 0.185. The lowest BCUT2D eigenvalue weighted by Crippen LogP contribution is -2.34. The molecule has 0 radical (unpaired) electrons. The second-order valence-corrected chi connectivity index (χ2v) is 7.86. The molecule has 0 saturated heterocycles. The molecule has 2 amide bonds. The van der Waals surface area contributed by atoms with Gasteiger partial charge in [0, 0.05) is 53.3 Å². The van der Waals surface area contributed by atoms with E-state index in [1.165, 1.54) is 0 Å². The maximum Gasteiger partial charge on any atom is 0.319 e. The number of methoxy groups -OCH3 is 2. The maximum atomic E-state index is 12.2.